The Bertz CT molecular complexity index is 9200. The molecule has 7 nitrogen and oxygen atoms in total. The molecule has 0 spiro atoms. The van der Waals surface area contributed by atoms with Crippen LogP contribution < -0.4 is 0 Å². The van der Waals surface area contributed by atoms with Gasteiger partial charge in [0.2, 0.25) is 0 Å². The van der Waals surface area contributed by atoms with Crippen LogP contribution in [0.25, 0.3) is 251 Å². The van der Waals surface area contributed by atoms with Crippen molar-refractivity contribution in [1.82, 2.24) is 34.9 Å². The van der Waals surface area contributed by atoms with E-state index in [1.807, 2.05) is 46.1 Å². The van der Waals surface area contributed by atoms with Crippen molar-refractivity contribution in [3.05, 3.63) is 428 Å². The Morgan fingerprint density at radius 1 is 0.176 bits per heavy atom. The summed E-state index contributed by atoms with van der Waals surface area (Å²) in [5, 5.41) is 8.73. The summed E-state index contributed by atoms with van der Waals surface area (Å²) in [5.74, 6) is 3.04. The predicted octanol–water partition coefficient (Wildman–Crippen LogP) is 34.3. The first-order valence-corrected chi connectivity index (χ1v) is 49.1. The Labute approximate surface area is 799 Å². The van der Waals surface area contributed by atoms with Gasteiger partial charge in [-0.05, 0) is 207 Å². The average molecular weight is 1790 g/mol. The maximum atomic E-state index is 5.71. The first-order valence-electron chi connectivity index (χ1n) is 46.6. The van der Waals surface area contributed by atoms with Gasteiger partial charge in [0.25, 0.3) is 0 Å². The van der Waals surface area contributed by atoms with Crippen molar-refractivity contribution < 1.29 is 0 Å². The van der Waals surface area contributed by atoms with Crippen molar-refractivity contribution in [2.75, 3.05) is 0 Å². The molecule has 18 aromatic carbocycles. The van der Waals surface area contributed by atoms with Crippen LogP contribution in [0.5, 0.6) is 0 Å². The minimum Gasteiger partial charge on any atom is -0.228 e. The fourth-order valence-electron chi connectivity index (χ4n) is 22.2. The lowest BCUT2D eigenvalue weighted by atomic mass is 9.80. The number of nitrogens with zero attached hydrogens (tertiary/aromatic N) is 7. The van der Waals surface area contributed by atoms with Crippen molar-refractivity contribution in [2.45, 2.75) is 57.8 Å². The average Bonchev–Trinajstić information content (AvgIpc) is 1.56. The van der Waals surface area contributed by atoms with Crippen LogP contribution in [0.1, 0.15) is 74.9 Å². The van der Waals surface area contributed by atoms with E-state index in [1.165, 1.54) is 161 Å². The number of fused-ring (bicyclic) bond motifs is 19. The lowest BCUT2D eigenvalue weighted by molar-refractivity contribution is 0.660. The molecule has 0 aliphatic heterocycles. The normalized spacial score (nSPS) is 13.5. The number of hydrogen-bond donors (Lipinski definition) is 0. The highest BCUT2D eigenvalue weighted by molar-refractivity contribution is 7.27. The number of hydrogen-bond acceptors (Lipinski definition) is 10. The molecule has 27 rings (SSSR count). The Morgan fingerprint density at radius 3 is 1.01 bits per heavy atom. The summed E-state index contributed by atoms with van der Waals surface area (Å²) < 4.78 is 7.79. The quantitative estimate of drug-likeness (QED) is 0.114. The zero-order valence-electron chi connectivity index (χ0n) is 75.4. The molecule has 640 valence electrons. The molecule has 0 bridgehead atoms. The molecule has 0 unspecified atom stereocenters. The topological polar surface area (TPSA) is 90.2 Å². The van der Waals surface area contributed by atoms with Crippen molar-refractivity contribution >= 4 is 105 Å². The Hall–Kier alpha value is -16.0. The maximum Gasteiger partial charge on any atom is 0.164 e. The van der Waals surface area contributed by atoms with Gasteiger partial charge in [0, 0.05) is 127 Å². The molecule has 24 aromatic rings. The fraction of sp³-hybridized carbons (Fsp3) is 0.0714. The summed E-state index contributed by atoms with van der Waals surface area (Å²) in [6, 6.07) is 144. The molecule has 136 heavy (non-hydrogen) atoms. The van der Waals surface area contributed by atoms with E-state index in [9.17, 15) is 0 Å². The largest absolute Gasteiger partial charge is 0.228 e. The Balaban J connectivity index is 0.606. The summed E-state index contributed by atoms with van der Waals surface area (Å²) >= 11 is 5.63. The van der Waals surface area contributed by atoms with Crippen molar-refractivity contribution in [3.8, 4) is 180 Å². The van der Waals surface area contributed by atoms with Crippen LogP contribution in [0.15, 0.2) is 394 Å². The third-order valence-electron chi connectivity index (χ3n) is 29.2. The molecule has 0 atom stereocenters. The molecular formula is C126H83N7S3. The van der Waals surface area contributed by atoms with E-state index in [4.69, 9.17) is 34.9 Å². The Morgan fingerprint density at radius 2 is 0.500 bits per heavy atom. The number of aromatic nitrogens is 7. The smallest absolute Gasteiger partial charge is 0.164 e. The second-order valence-electron chi connectivity index (χ2n) is 38.1. The number of benzene rings is 18. The highest BCUT2D eigenvalue weighted by Gasteiger charge is 2.42. The fourth-order valence-corrected chi connectivity index (χ4v) is 25.9. The van der Waals surface area contributed by atoms with E-state index in [-0.39, 0.29) is 5.41 Å². The number of thiophene rings is 3. The molecule has 6 aromatic heterocycles. The van der Waals surface area contributed by atoms with Crippen LogP contribution in [0.2, 0.25) is 0 Å². The van der Waals surface area contributed by atoms with Gasteiger partial charge >= 0.3 is 0 Å². The molecule has 0 saturated heterocycles. The zero-order valence-corrected chi connectivity index (χ0v) is 77.8. The minimum absolute atomic E-state index is 0.328. The second-order valence-corrected chi connectivity index (χ2v) is 41.2. The van der Waals surface area contributed by atoms with E-state index < -0.39 is 10.8 Å². The lowest BCUT2D eigenvalue weighted by Gasteiger charge is -2.23. The molecule has 3 aliphatic rings. The monoisotopic (exact) mass is 1790 g/mol. The molecule has 0 N–H and O–H groups in total. The molecule has 0 amide bonds. The van der Waals surface area contributed by atoms with Gasteiger partial charge in [0.05, 0.1) is 22.6 Å². The van der Waals surface area contributed by atoms with Gasteiger partial charge in [-0.2, -0.15) is 0 Å². The van der Waals surface area contributed by atoms with Gasteiger partial charge in [0.15, 0.2) is 29.1 Å². The van der Waals surface area contributed by atoms with E-state index in [1.54, 1.807) is 0 Å². The highest BCUT2D eigenvalue weighted by atomic mass is 32.1. The maximum absolute atomic E-state index is 5.71. The van der Waals surface area contributed by atoms with E-state index >= 15 is 0 Å². The first kappa shape index (κ1) is 79.8. The van der Waals surface area contributed by atoms with E-state index in [0.29, 0.717) is 29.1 Å². The summed E-state index contributed by atoms with van der Waals surface area (Å²) in [4.78, 5) is 38.8. The summed E-state index contributed by atoms with van der Waals surface area (Å²) in [5.41, 5.74) is 36.1. The van der Waals surface area contributed by atoms with Crippen LogP contribution in [-0.2, 0) is 16.2 Å². The summed E-state index contributed by atoms with van der Waals surface area (Å²) in [6.07, 6.45) is 0. The van der Waals surface area contributed by atoms with E-state index in [0.717, 1.165) is 94.7 Å². The first-order chi connectivity index (χ1) is 66.6. The SMILES string of the molecule is CC1(C)c2cc(-c3nc(-c4ccccc4)cc(-c4cccc(-c5cc(-c6nc(-c7ccccc7)nc(-c7ccc(-c8cc(-c9nc(-c%10ccccc%10)nc%10ccccc9%10)cc9c8-c8ccc(-c%10cccc%11c%10sc%10ccccc%10%11)cc8C9(C)C)cc7)n6)cc6c5-c5ccc(-c7cccc8c7sc7ccccc78)cc5C6(C)C)c4)n3)ccc2-c2ccc(-c3cccc4c3sc3ccccc34)cc21. The summed E-state index contributed by atoms with van der Waals surface area (Å²) in [6.45, 7) is 14.3. The second kappa shape index (κ2) is 30.5. The Kier molecular flexibility index (Phi) is 17.9. The molecule has 0 saturated carbocycles. The molecule has 6 heterocycles. The molecular weight excluding hydrogens is 1710 g/mol. The van der Waals surface area contributed by atoms with Crippen molar-refractivity contribution in [1.29, 1.82) is 0 Å². The van der Waals surface area contributed by atoms with Crippen molar-refractivity contribution in [3.63, 3.8) is 0 Å². The van der Waals surface area contributed by atoms with Gasteiger partial charge in [0.1, 0.15) is 0 Å². The number of para-hydroxylation sites is 1. The van der Waals surface area contributed by atoms with Crippen LogP contribution in [-0.4, -0.2) is 34.9 Å². The van der Waals surface area contributed by atoms with Crippen LogP contribution >= 0.6 is 34.0 Å². The third-order valence-corrected chi connectivity index (χ3v) is 32.8. The number of rotatable bonds is 13. The highest BCUT2D eigenvalue weighted by Crippen LogP contribution is 2.59. The summed E-state index contributed by atoms with van der Waals surface area (Å²) in [7, 11) is 0. The lowest BCUT2D eigenvalue weighted by Crippen LogP contribution is -2.15. The van der Waals surface area contributed by atoms with Gasteiger partial charge < -0.3 is 0 Å². The minimum atomic E-state index is -0.506. The van der Waals surface area contributed by atoms with Crippen molar-refractivity contribution in [2.24, 2.45) is 0 Å². The van der Waals surface area contributed by atoms with Crippen LogP contribution in [0, 0.1) is 0 Å². The van der Waals surface area contributed by atoms with E-state index in [2.05, 4.69) is 424 Å². The van der Waals surface area contributed by atoms with Gasteiger partial charge in [-0.15, -0.1) is 34.0 Å². The standard InChI is InChI=1S/C126H83N7S3/c1-124(2)101-65-78(85-40-25-43-93-90-36-17-21-47-110(90)134-116(85)93)54-58-88(101)89-59-57-82(68-102(89)124)122-128-108(73-28-10-7-11-29-73)71-109(129-122)81-35-24-34-77(62-81)100-64-84(70-106-114(100)97-61-56-80(67-104(97)126(106,5)6)87-42-27-45-95-92-38-19-23-49-112(92)136-118(87)95)123-132-120(75-32-14-9-15-33-75)131-121(133-123)76-52-50-72(51-53-76)99-63-83(115-98-39-16-20-46-107(98)127-119(130-115)74-30-12-8-13-31-74)69-105-113(99)96-60-55-79(66-103(96)125(105,3)4)86-41-26-44-94-91-37-18-22-48-111(91)135-117(86)94/h7-71H,1-6H3. The van der Waals surface area contributed by atoms with Gasteiger partial charge in [-0.1, -0.05) is 351 Å². The van der Waals surface area contributed by atoms with Crippen LogP contribution in [0.4, 0.5) is 0 Å². The zero-order chi connectivity index (χ0) is 90.6. The molecule has 10 heteroatoms. The third kappa shape index (κ3) is 12.6. The van der Waals surface area contributed by atoms with Gasteiger partial charge in [-0.25, -0.2) is 34.9 Å². The van der Waals surface area contributed by atoms with Crippen LogP contribution in [0.3, 0.4) is 0 Å². The molecule has 0 fully saturated rings. The predicted molar refractivity (Wildman–Crippen MR) is 571 cm³/mol. The van der Waals surface area contributed by atoms with Gasteiger partial charge in [-0.3, -0.25) is 0 Å². The molecule has 3 aliphatic carbocycles. The molecule has 0 radical (unpaired) electrons.